The summed E-state index contributed by atoms with van der Waals surface area (Å²) in [5, 5.41) is 0. The lowest BCUT2D eigenvalue weighted by molar-refractivity contribution is -0.146. The summed E-state index contributed by atoms with van der Waals surface area (Å²) in [6.07, 6.45) is 1.68. The number of carbonyl (C=O) groups excluding carboxylic acids is 1. The number of esters is 1. The van der Waals surface area contributed by atoms with Crippen LogP contribution in [-0.4, -0.2) is 11.0 Å². The number of hydrogen-bond donors (Lipinski definition) is 0. The predicted molar refractivity (Wildman–Crippen MR) is 88.8 cm³/mol. The zero-order valence-corrected chi connectivity index (χ0v) is 12.9. The second-order valence-corrected chi connectivity index (χ2v) is 5.54. The minimum absolute atomic E-state index is 0.154. The van der Waals surface area contributed by atoms with Crippen LogP contribution in [0.3, 0.4) is 0 Å². The first-order valence-corrected chi connectivity index (χ1v) is 7.75. The van der Waals surface area contributed by atoms with E-state index in [1.807, 2.05) is 66.7 Å². The molecular formula is C20H15NO3. The van der Waals surface area contributed by atoms with Crippen LogP contribution in [0.4, 0.5) is 0 Å². The van der Waals surface area contributed by atoms with Crippen LogP contribution < -0.4 is 4.74 Å². The first kappa shape index (κ1) is 14.5. The number of para-hydroxylation sites is 2. The van der Waals surface area contributed by atoms with E-state index in [0.29, 0.717) is 11.5 Å². The number of pyridine rings is 1. The lowest BCUT2D eigenvalue weighted by Crippen LogP contribution is -2.21. The topological polar surface area (TPSA) is 48.4 Å². The van der Waals surface area contributed by atoms with Crippen LogP contribution in [0, 0.1) is 0 Å². The molecule has 4 heteroatoms. The summed E-state index contributed by atoms with van der Waals surface area (Å²) in [5.74, 6) is 0.589. The van der Waals surface area contributed by atoms with Gasteiger partial charge in [0, 0.05) is 17.3 Å². The second kappa shape index (κ2) is 6.16. The van der Waals surface area contributed by atoms with E-state index in [2.05, 4.69) is 4.98 Å². The standard InChI is InChI=1S/C20H15NO3/c22-20(23-13-14-7-5-6-12-21-14)19-15-8-1-3-10-17(15)24-18-11-4-2-9-16(18)19/h1-12,19H,13H2. The van der Waals surface area contributed by atoms with Crippen molar-refractivity contribution < 1.29 is 14.3 Å². The first-order valence-electron chi connectivity index (χ1n) is 7.75. The van der Waals surface area contributed by atoms with Crippen LogP contribution in [0.5, 0.6) is 11.5 Å². The van der Waals surface area contributed by atoms with Gasteiger partial charge < -0.3 is 9.47 Å². The number of carbonyl (C=O) groups is 1. The van der Waals surface area contributed by atoms with Gasteiger partial charge in [0.15, 0.2) is 0 Å². The van der Waals surface area contributed by atoms with Gasteiger partial charge in [-0.3, -0.25) is 9.78 Å². The summed E-state index contributed by atoms with van der Waals surface area (Å²) >= 11 is 0. The highest BCUT2D eigenvalue weighted by atomic mass is 16.5. The van der Waals surface area contributed by atoms with Gasteiger partial charge in [-0.25, -0.2) is 0 Å². The predicted octanol–water partition coefficient (Wildman–Crippen LogP) is 4.06. The van der Waals surface area contributed by atoms with Gasteiger partial charge in [0.2, 0.25) is 0 Å². The van der Waals surface area contributed by atoms with Crippen LogP contribution in [0.2, 0.25) is 0 Å². The minimum Gasteiger partial charge on any atom is -0.458 e. The van der Waals surface area contributed by atoms with Crippen molar-refractivity contribution in [2.24, 2.45) is 0 Å². The molecule has 24 heavy (non-hydrogen) atoms. The summed E-state index contributed by atoms with van der Waals surface area (Å²) < 4.78 is 11.4. The van der Waals surface area contributed by atoms with Crippen LogP contribution >= 0.6 is 0 Å². The number of rotatable bonds is 3. The molecule has 0 saturated heterocycles. The Hall–Kier alpha value is -3.14. The molecule has 0 fully saturated rings. The van der Waals surface area contributed by atoms with Gasteiger partial charge in [0.05, 0.1) is 5.69 Å². The van der Waals surface area contributed by atoms with Crippen LogP contribution in [0.25, 0.3) is 0 Å². The Morgan fingerprint density at radius 3 is 2.17 bits per heavy atom. The molecular weight excluding hydrogens is 302 g/mol. The number of fused-ring (bicyclic) bond motifs is 2. The fourth-order valence-electron chi connectivity index (χ4n) is 2.88. The van der Waals surface area contributed by atoms with Crippen molar-refractivity contribution >= 4 is 5.97 Å². The van der Waals surface area contributed by atoms with Gasteiger partial charge in [0.25, 0.3) is 0 Å². The van der Waals surface area contributed by atoms with E-state index < -0.39 is 5.92 Å². The Bertz CT molecular complexity index is 831. The average molecular weight is 317 g/mol. The summed E-state index contributed by atoms with van der Waals surface area (Å²) in [4.78, 5) is 17.0. The van der Waals surface area contributed by atoms with Crippen LogP contribution in [-0.2, 0) is 16.1 Å². The van der Waals surface area contributed by atoms with E-state index in [0.717, 1.165) is 16.8 Å². The van der Waals surface area contributed by atoms with Crippen molar-refractivity contribution in [3.63, 3.8) is 0 Å². The molecule has 0 atom stereocenters. The fourth-order valence-corrected chi connectivity index (χ4v) is 2.88. The number of benzene rings is 2. The molecule has 2 aromatic carbocycles. The number of hydrogen-bond acceptors (Lipinski definition) is 4. The molecule has 0 spiro atoms. The zero-order chi connectivity index (χ0) is 16.4. The van der Waals surface area contributed by atoms with Crippen molar-refractivity contribution in [3.05, 3.63) is 89.7 Å². The van der Waals surface area contributed by atoms with Crippen molar-refractivity contribution in [1.82, 2.24) is 4.98 Å². The first-order chi connectivity index (χ1) is 11.8. The Morgan fingerprint density at radius 1 is 0.917 bits per heavy atom. The van der Waals surface area contributed by atoms with Crippen LogP contribution in [0.15, 0.2) is 72.9 Å². The molecule has 0 aliphatic carbocycles. The molecule has 2 heterocycles. The largest absolute Gasteiger partial charge is 0.458 e. The molecule has 1 aliphatic heterocycles. The fraction of sp³-hybridized carbons (Fsp3) is 0.100. The van der Waals surface area contributed by atoms with E-state index in [9.17, 15) is 4.79 Å². The molecule has 0 unspecified atom stereocenters. The van der Waals surface area contributed by atoms with Gasteiger partial charge in [-0.1, -0.05) is 42.5 Å². The van der Waals surface area contributed by atoms with Crippen molar-refractivity contribution in [2.45, 2.75) is 12.5 Å². The smallest absolute Gasteiger partial charge is 0.318 e. The third-order valence-corrected chi connectivity index (χ3v) is 4.00. The summed E-state index contributed by atoms with van der Waals surface area (Å²) in [6, 6.07) is 20.6. The highest BCUT2D eigenvalue weighted by molar-refractivity contribution is 5.85. The maximum atomic E-state index is 12.8. The van der Waals surface area contributed by atoms with Crippen LogP contribution in [0.1, 0.15) is 22.7 Å². The molecule has 1 aliphatic rings. The maximum Gasteiger partial charge on any atom is 0.318 e. The quantitative estimate of drug-likeness (QED) is 0.683. The van der Waals surface area contributed by atoms with E-state index in [1.165, 1.54) is 0 Å². The van der Waals surface area contributed by atoms with Gasteiger partial charge in [-0.2, -0.15) is 0 Å². The molecule has 3 aromatic rings. The normalized spacial score (nSPS) is 12.7. The van der Waals surface area contributed by atoms with Crippen molar-refractivity contribution in [3.8, 4) is 11.5 Å². The molecule has 0 N–H and O–H groups in total. The summed E-state index contributed by atoms with van der Waals surface area (Å²) in [5.41, 5.74) is 2.36. The summed E-state index contributed by atoms with van der Waals surface area (Å²) in [7, 11) is 0. The molecule has 0 radical (unpaired) electrons. The van der Waals surface area contributed by atoms with Gasteiger partial charge in [-0.15, -0.1) is 0 Å². The lowest BCUT2D eigenvalue weighted by Gasteiger charge is -2.26. The van der Waals surface area contributed by atoms with E-state index >= 15 is 0 Å². The Labute approximate surface area is 139 Å². The SMILES string of the molecule is O=C(OCc1ccccn1)C1c2ccccc2Oc2ccccc21. The van der Waals surface area contributed by atoms with E-state index in [1.54, 1.807) is 6.20 Å². The van der Waals surface area contributed by atoms with Crippen molar-refractivity contribution in [1.29, 1.82) is 0 Å². The molecule has 0 saturated carbocycles. The second-order valence-electron chi connectivity index (χ2n) is 5.54. The monoisotopic (exact) mass is 317 g/mol. The molecule has 4 rings (SSSR count). The Kier molecular flexibility index (Phi) is 3.71. The minimum atomic E-state index is -0.491. The lowest BCUT2D eigenvalue weighted by atomic mass is 9.88. The number of ether oxygens (including phenoxy) is 2. The van der Waals surface area contributed by atoms with Gasteiger partial charge in [0.1, 0.15) is 24.0 Å². The molecule has 0 amide bonds. The molecule has 118 valence electrons. The van der Waals surface area contributed by atoms with Crippen molar-refractivity contribution in [2.75, 3.05) is 0 Å². The highest BCUT2D eigenvalue weighted by Crippen LogP contribution is 2.44. The third-order valence-electron chi connectivity index (χ3n) is 4.00. The van der Waals surface area contributed by atoms with E-state index in [-0.39, 0.29) is 12.6 Å². The maximum absolute atomic E-state index is 12.8. The molecule has 0 bridgehead atoms. The third kappa shape index (κ3) is 2.63. The van der Waals surface area contributed by atoms with Gasteiger partial charge >= 0.3 is 5.97 Å². The Balaban J connectivity index is 1.65. The number of aromatic nitrogens is 1. The number of nitrogens with zero attached hydrogens (tertiary/aromatic N) is 1. The molecule has 1 aromatic heterocycles. The van der Waals surface area contributed by atoms with Gasteiger partial charge in [-0.05, 0) is 24.3 Å². The summed E-state index contributed by atoms with van der Waals surface area (Å²) in [6.45, 7) is 0.154. The molecule has 4 nitrogen and oxygen atoms in total. The Morgan fingerprint density at radius 2 is 1.54 bits per heavy atom. The average Bonchev–Trinajstić information content (AvgIpc) is 2.65. The van der Waals surface area contributed by atoms with E-state index in [4.69, 9.17) is 9.47 Å². The zero-order valence-electron chi connectivity index (χ0n) is 12.9. The highest BCUT2D eigenvalue weighted by Gasteiger charge is 2.33.